The number of aromatic amines is 1. The molecule has 0 saturated carbocycles. The number of H-pyrrole nitrogens is 1. The van der Waals surface area contributed by atoms with E-state index < -0.39 is 12.6 Å². The average Bonchev–Trinajstić information content (AvgIpc) is 2.89. The predicted molar refractivity (Wildman–Crippen MR) is 96.7 cm³/mol. The molecule has 0 aliphatic heterocycles. The Morgan fingerprint density at radius 1 is 1.23 bits per heavy atom. The first kappa shape index (κ1) is 17.6. The zero-order valence-electron chi connectivity index (χ0n) is 13.6. The van der Waals surface area contributed by atoms with E-state index in [0.717, 1.165) is 0 Å². The summed E-state index contributed by atoms with van der Waals surface area (Å²) in [7, 11) is 0. The maximum atomic E-state index is 12.8. The van der Waals surface area contributed by atoms with Crippen LogP contribution in [0.1, 0.15) is 5.56 Å². The first-order valence-corrected chi connectivity index (χ1v) is 8.03. The van der Waals surface area contributed by atoms with Crippen molar-refractivity contribution in [3.8, 4) is 11.4 Å². The molecule has 0 amide bonds. The molecule has 6 nitrogen and oxygen atoms in total. The molecular formula is C19H14ClN2O4-. The fourth-order valence-corrected chi connectivity index (χ4v) is 2.69. The van der Waals surface area contributed by atoms with Gasteiger partial charge in [-0.3, -0.25) is 9.89 Å². The molecule has 26 heavy (non-hydrogen) atoms. The number of carboxylic acid groups (broad SMARTS) is 1. The van der Waals surface area contributed by atoms with E-state index in [1.807, 2.05) is 0 Å². The number of nitrogens with zero attached hydrogens (tertiary/aromatic N) is 1. The van der Waals surface area contributed by atoms with Crippen molar-refractivity contribution in [1.82, 2.24) is 9.78 Å². The number of halogens is 1. The van der Waals surface area contributed by atoms with Crippen LogP contribution < -0.4 is 26.0 Å². The smallest absolute Gasteiger partial charge is 0.279 e. The van der Waals surface area contributed by atoms with Gasteiger partial charge in [-0.2, -0.15) is 0 Å². The molecule has 7 heteroatoms. The predicted octanol–water partition coefficient (Wildman–Crippen LogP) is 0.187. The van der Waals surface area contributed by atoms with Gasteiger partial charge < -0.3 is 14.6 Å². The van der Waals surface area contributed by atoms with E-state index in [-0.39, 0.29) is 5.56 Å². The molecule has 0 spiro atoms. The summed E-state index contributed by atoms with van der Waals surface area (Å²) in [6.45, 7) is 3.28. The van der Waals surface area contributed by atoms with E-state index in [9.17, 15) is 14.7 Å². The number of aromatic nitrogens is 2. The molecule has 0 fully saturated rings. The van der Waals surface area contributed by atoms with Crippen LogP contribution >= 0.6 is 11.6 Å². The second-order valence-corrected chi connectivity index (χ2v) is 5.85. The zero-order chi connectivity index (χ0) is 18.7. The first-order chi connectivity index (χ1) is 12.5. The number of para-hydroxylation sites is 2. The Bertz CT molecular complexity index is 1130. The lowest BCUT2D eigenvalue weighted by Crippen LogP contribution is -2.34. The second-order valence-electron chi connectivity index (χ2n) is 5.44. The van der Waals surface area contributed by atoms with Gasteiger partial charge in [0.25, 0.3) is 5.56 Å². The highest BCUT2D eigenvalue weighted by molar-refractivity contribution is 6.32. The SMILES string of the molecule is C=c1[nH]n(-c2ccccc2Cl)c(=O)/c1=C\c1ccccc1OCC(=O)[O-]. The zero-order valence-corrected chi connectivity index (χ0v) is 14.3. The van der Waals surface area contributed by atoms with Crippen LogP contribution in [0.5, 0.6) is 5.75 Å². The van der Waals surface area contributed by atoms with Crippen LogP contribution in [0.4, 0.5) is 0 Å². The number of hydrogen-bond donors (Lipinski definition) is 1. The average molecular weight is 370 g/mol. The lowest BCUT2D eigenvalue weighted by atomic mass is 10.1. The summed E-state index contributed by atoms with van der Waals surface area (Å²) in [5.74, 6) is -1.01. The number of rotatable bonds is 5. The van der Waals surface area contributed by atoms with Gasteiger partial charge in [-0.25, -0.2) is 4.68 Å². The standard InChI is InChI=1S/C19H15ClN2O4/c1-12-14(10-13-6-2-5-9-17(13)26-11-18(23)24)19(25)22(21-12)16-8-4-3-7-15(16)20/h2-10,21H,1,11H2,(H,23,24)/p-1/b14-10-. The maximum Gasteiger partial charge on any atom is 0.279 e. The minimum atomic E-state index is -1.33. The number of benzene rings is 2. The van der Waals surface area contributed by atoms with Crippen LogP contribution in [0, 0.1) is 0 Å². The number of aliphatic carboxylic acids is 1. The summed E-state index contributed by atoms with van der Waals surface area (Å²) >= 11 is 6.16. The Balaban J connectivity index is 2.12. The third-order valence-electron chi connectivity index (χ3n) is 3.66. The molecule has 1 aromatic heterocycles. The minimum Gasteiger partial charge on any atom is -0.546 e. The Morgan fingerprint density at radius 3 is 2.65 bits per heavy atom. The summed E-state index contributed by atoms with van der Waals surface area (Å²) in [5, 5.41) is 14.6. The molecule has 3 rings (SSSR count). The van der Waals surface area contributed by atoms with Gasteiger partial charge >= 0.3 is 0 Å². The number of hydrogen-bond acceptors (Lipinski definition) is 4. The number of ether oxygens (including phenoxy) is 1. The summed E-state index contributed by atoms with van der Waals surface area (Å²) in [6.07, 6.45) is 1.58. The van der Waals surface area contributed by atoms with Crippen LogP contribution in [0.15, 0.2) is 53.3 Å². The van der Waals surface area contributed by atoms with E-state index in [1.165, 1.54) is 4.68 Å². The molecule has 0 saturated heterocycles. The number of carbonyl (C=O) groups is 1. The van der Waals surface area contributed by atoms with Crippen molar-refractivity contribution in [2.45, 2.75) is 0 Å². The lowest BCUT2D eigenvalue weighted by molar-refractivity contribution is -0.307. The van der Waals surface area contributed by atoms with Gasteiger partial charge in [0.1, 0.15) is 12.4 Å². The Labute approximate surface area is 153 Å². The molecule has 0 atom stereocenters. The van der Waals surface area contributed by atoms with Gasteiger partial charge in [0.2, 0.25) is 0 Å². The molecule has 3 aromatic rings. The number of carboxylic acids is 1. The Hall–Kier alpha value is -3.25. The molecule has 0 bridgehead atoms. The molecule has 2 aromatic carbocycles. The number of nitrogens with one attached hydrogen (secondary N) is 1. The van der Waals surface area contributed by atoms with E-state index >= 15 is 0 Å². The van der Waals surface area contributed by atoms with Crippen molar-refractivity contribution in [2.24, 2.45) is 0 Å². The highest BCUT2D eigenvalue weighted by Gasteiger charge is 2.09. The summed E-state index contributed by atoms with van der Waals surface area (Å²) < 4.78 is 6.51. The van der Waals surface area contributed by atoms with Crippen LogP contribution in [0.3, 0.4) is 0 Å². The van der Waals surface area contributed by atoms with E-state index in [1.54, 1.807) is 54.6 Å². The fourth-order valence-electron chi connectivity index (χ4n) is 2.47. The van der Waals surface area contributed by atoms with Crippen LogP contribution in [0.25, 0.3) is 18.3 Å². The summed E-state index contributed by atoms with van der Waals surface area (Å²) in [4.78, 5) is 23.4. The van der Waals surface area contributed by atoms with E-state index in [4.69, 9.17) is 16.3 Å². The van der Waals surface area contributed by atoms with Gasteiger partial charge in [-0.05, 0) is 24.3 Å². The molecule has 0 radical (unpaired) electrons. The van der Waals surface area contributed by atoms with Crippen molar-refractivity contribution in [1.29, 1.82) is 0 Å². The quantitative estimate of drug-likeness (QED) is 0.695. The van der Waals surface area contributed by atoms with Gasteiger partial charge in [-0.1, -0.05) is 48.5 Å². The van der Waals surface area contributed by atoms with Crippen molar-refractivity contribution < 1.29 is 14.6 Å². The molecule has 0 aliphatic rings. The van der Waals surface area contributed by atoms with Crippen LogP contribution in [0.2, 0.25) is 5.02 Å². The highest BCUT2D eigenvalue weighted by Crippen LogP contribution is 2.18. The third-order valence-corrected chi connectivity index (χ3v) is 3.98. The van der Waals surface area contributed by atoms with E-state index in [2.05, 4.69) is 11.7 Å². The largest absolute Gasteiger partial charge is 0.546 e. The topological polar surface area (TPSA) is 87.2 Å². The highest BCUT2D eigenvalue weighted by atomic mass is 35.5. The summed E-state index contributed by atoms with van der Waals surface area (Å²) in [6, 6.07) is 13.7. The van der Waals surface area contributed by atoms with Crippen molar-refractivity contribution in [3.05, 3.63) is 80.0 Å². The Morgan fingerprint density at radius 2 is 1.92 bits per heavy atom. The minimum absolute atomic E-state index is 0.314. The molecule has 132 valence electrons. The number of carbonyl (C=O) groups excluding carboxylic acids is 1. The molecule has 0 unspecified atom stereocenters. The van der Waals surface area contributed by atoms with Gasteiger partial charge in [0, 0.05) is 5.56 Å². The molecular weight excluding hydrogens is 356 g/mol. The van der Waals surface area contributed by atoms with Crippen molar-refractivity contribution in [3.63, 3.8) is 0 Å². The monoisotopic (exact) mass is 369 g/mol. The summed E-state index contributed by atoms with van der Waals surface area (Å²) in [5.41, 5.74) is 0.712. The van der Waals surface area contributed by atoms with Gasteiger partial charge in [0.05, 0.1) is 27.2 Å². The Kier molecular flexibility index (Phi) is 4.95. The fraction of sp³-hybridized carbons (Fsp3) is 0.0526. The first-order valence-electron chi connectivity index (χ1n) is 7.65. The van der Waals surface area contributed by atoms with E-state index in [0.29, 0.717) is 32.6 Å². The third kappa shape index (κ3) is 3.55. The van der Waals surface area contributed by atoms with Crippen molar-refractivity contribution in [2.75, 3.05) is 6.61 Å². The van der Waals surface area contributed by atoms with Gasteiger partial charge in [-0.15, -0.1) is 0 Å². The van der Waals surface area contributed by atoms with Gasteiger partial charge in [0.15, 0.2) is 0 Å². The normalized spacial score (nSPS) is 11.5. The van der Waals surface area contributed by atoms with Crippen LogP contribution in [-0.2, 0) is 4.79 Å². The molecule has 1 N–H and O–H groups in total. The maximum absolute atomic E-state index is 12.8. The second kappa shape index (κ2) is 7.33. The lowest BCUT2D eigenvalue weighted by Gasteiger charge is -2.09. The van der Waals surface area contributed by atoms with Crippen molar-refractivity contribution >= 4 is 30.2 Å². The van der Waals surface area contributed by atoms with Crippen LogP contribution in [-0.4, -0.2) is 22.4 Å². The molecule has 0 aliphatic carbocycles. The molecule has 1 heterocycles.